The first-order valence-electron chi connectivity index (χ1n) is 7.56. The zero-order valence-electron chi connectivity index (χ0n) is 13.8. The highest BCUT2D eigenvalue weighted by atomic mass is 35.5. The molecule has 0 atom stereocenters. The van der Waals surface area contributed by atoms with E-state index in [0.29, 0.717) is 11.4 Å². The number of nitrogens with zero attached hydrogens (tertiary/aromatic N) is 4. The number of halogens is 1. The van der Waals surface area contributed by atoms with Crippen LogP contribution in [0.5, 0.6) is 0 Å². The van der Waals surface area contributed by atoms with E-state index in [-0.39, 0.29) is 10.7 Å². The molecule has 2 N–H and O–H groups in total. The average Bonchev–Trinajstić information content (AvgIpc) is 3.01. The minimum atomic E-state index is -0.627. The predicted molar refractivity (Wildman–Crippen MR) is 97.5 cm³/mol. The lowest BCUT2D eigenvalue weighted by molar-refractivity contribution is -0.112. The van der Waals surface area contributed by atoms with Crippen molar-refractivity contribution in [1.82, 2.24) is 19.7 Å². The molecule has 0 aliphatic heterocycles. The van der Waals surface area contributed by atoms with Crippen molar-refractivity contribution in [2.75, 3.05) is 0 Å². The van der Waals surface area contributed by atoms with Gasteiger partial charge in [0.2, 0.25) is 0 Å². The third-order valence-corrected chi connectivity index (χ3v) is 3.87. The molecule has 0 unspecified atom stereocenters. The lowest BCUT2D eigenvalue weighted by Crippen LogP contribution is -2.14. The summed E-state index contributed by atoms with van der Waals surface area (Å²) in [5, 5.41) is 4.59. The maximum absolute atomic E-state index is 11.8. The summed E-state index contributed by atoms with van der Waals surface area (Å²) < 4.78 is 1.44. The standard InChI is InChI=1S/C18H16ClN5O/c1-11-6-12(2)8-13(7-11)18-22-10-24(23-18)9-15(17(20)25)14-4-3-5-21-16(14)19/h3-10H,1-2H3,(H2,20,25)/b15-9-. The van der Waals surface area contributed by atoms with Crippen LogP contribution in [-0.4, -0.2) is 25.7 Å². The van der Waals surface area contributed by atoms with Gasteiger partial charge >= 0.3 is 0 Å². The minimum Gasteiger partial charge on any atom is -0.366 e. The van der Waals surface area contributed by atoms with Gasteiger partial charge in [0.25, 0.3) is 5.91 Å². The zero-order chi connectivity index (χ0) is 18.0. The van der Waals surface area contributed by atoms with Crippen LogP contribution < -0.4 is 5.73 Å². The first kappa shape index (κ1) is 16.9. The van der Waals surface area contributed by atoms with Crippen LogP contribution >= 0.6 is 11.6 Å². The Balaban J connectivity index is 2.02. The van der Waals surface area contributed by atoms with E-state index in [1.807, 2.05) is 26.0 Å². The molecule has 0 spiro atoms. The van der Waals surface area contributed by atoms with Gasteiger partial charge in [-0.15, -0.1) is 5.10 Å². The Morgan fingerprint density at radius 1 is 1.20 bits per heavy atom. The smallest absolute Gasteiger partial charge is 0.250 e. The third kappa shape index (κ3) is 3.75. The van der Waals surface area contributed by atoms with Crippen molar-refractivity contribution in [2.24, 2.45) is 5.73 Å². The van der Waals surface area contributed by atoms with Gasteiger partial charge in [0, 0.05) is 23.5 Å². The fraction of sp³-hybridized carbons (Fsp3) is 0.111. The average molecular weight is 354 g/mol. The summed E-state index contributed by atoms with van der Waals surface area (Å²) in [6.45, 7) is 4.03. The van der Waals surface area contributed by atoms with E-state index in [1.54, 1.807) is 12.1 Å². The van der Waals surface area contributed by atoms with Gasteiger partial charge in [0.05, 0.1) is 5.57 Å². The number of aryl methyl sites for hydroxylation is 2. The Labute approximate surface area is 150 Å². The van der Waals surface area contributed by atoms with Crippen molar-refractivity contribution < 1.29 is 4.79 Å². The van der Waals surface area contributed by atoms with Gasteiger partial charge in [-0.2, -0.15) is 0 Å². The number of nitrogens with two attached hydrogens (primary N) is 1. The topological polar surface area (TPSA) is 86.7 Å². The number of carbonyl (C=O) groups excluding carboxylic acids is 1. The second kappa shape index (κ2) is 6.86. The molecule has 1 amide bonds. The summed E-state index contributed by atoms with van der Waals surface area (Å²) in [5.74, 6) is -0.0671. The van der Waals surface area contributed by atoms with Gasteiger partial charge in [-0.05, 0) is 38.1 Å². The van der Waals surface area contributed by atoms with Gasteiger partial charge < -0.3 is 5.73 Å². The number of amides is 1. The van der Waals surface area contributed by atoms with E-state index in [1.165, 1.54) is 23.4 Å². The fourth-order valence-corrected chi connectivity index (χ4v) is 2.78. The van der Waals surface area contributed by atoms with Gasteiger partial charge in [-0.25, -0.2) is 14.6 Å². The molecule has 0 radical (unpaired) electrons. The molecule has 3 rings (SSSR count). The van der Waals surface area contributed by atoms with Crippen molar-refractivity contribution in [2.45, 2.75) is 13.8 Å². The molecule has 2 heterocycles. The van der Waals surface area contributed by atoms with Crippen LogP contribution in [0.15, 0.2) is 42.9 Å². The number of primary amides is 1. The summed E-state index contributed by atoms with van der Waals surface area (Å²) in [6, 6.07) is 9.44. The fourth-order valence-electron chi connectivity index (χ4n) is 2.56. The maximum atomic E-state index is 11.8. The van der Waals surface area contributed by atoms with E-state index in [9.17, 15) is 4.79 Å². The van der Waals surface area contributed by atoms with Crippen LogP contribution in [0.25, 0.3) is 23.2 Å². The minimum absolute atomic E-state index is 0.196. The molecule has 25 heavy (non-hydrogen) atoms. The molecule has 1 aromatic carbocycles. The Bertz CT molecular complexity index is 957. The highest BCUT2D eigenvalue weighted by molar-refractivity contribution is 6.34. The van der Waals surface area contributed by atoms with E-state index in [0.717, 1.165) is 16.7 Å². The first-order chi connectivity index (χ1) is 11.9. The van der Waals surface area contributed by atoms with Crippen LogP contribution in [0.2, 0.25) is 5.15 Å². The van der Waals surface area contributed by atoms with Gasteiger partial charge in [-0.3, -0.25) is 4.79 Å². The highest BCUT2D eigenvalue weighted by Gasteiger charge is 2.14. The lowest BCUT2D eigenvalue weighted by Gasteiger charge is -2.05. The van der Waals surface area contributed by atoms with Crippen molar-refractivity contribution in [3.63, 3.8) is 0 Å². The zero-order valence-corrected chi connectivity index (χ0v) is 14.5. The number of hydrogen-bond donors (Lipinski definition) is 1. The monoisotopic (exact) mass is 353 g/mol. The molecule has 3 aromatic rings. The Morgan fingerprint density at radius 2 is 1.92 bits per heavy atom. The summed E-state index contributed by atoms with van der Waals surface area (Å²) in [5.41, 5.74) is 9.30. The molecule has 0 fully saturated rings. The normalized spacial score (nSPS) is 11.6. The molecular weight excluding hydrogens is 338 g/mol. The Hall–Kier alpha value is -2.99. The van der Waals surface area contributed by atoms with Crippen LogP contribution in [0.4, 0.5) is 0 Å². The molecule has 0 saturated carbocycles. The summed E-state index contributed by atoms with van der Waals surface area (Å²) in [4.78, 5) is 20.1. The molecule has 0 aliphatic rings. The number of hydrogen-bond acceptors (Lipinski definition) is 4. The number of aromatic nitrogens is 4. The molecule has 126 valence electrons. The number of benzene rings is 1. The lowest BCUT2D eigenvalue weighted by atomic mass is 10.1. The number of rotatable bonds is 4. The Kier molecular flexibility index (Phi) is 4.63. The van der Waals surface area contributed by atoms with Crippen molar-refractivity contribution in [1.29, 1.82) is 0 Å². The molecule has 0 bridgehead atoms. The quantitative estimate of drug-likeness (QED) is 0.576. The van der Waals surface area contributed by atoms with E-state index in [2.05, 4.69) is 21.1 Å². The van der Waals surface area contributed by atoms with Gasteiger partial charge in [0.1, 0.15) is 11.5 Å². The molecule has 2 aromatic heterocycles. The molecule has 0 aliphatic carbocycles. The molecule has 0 saturated heterocycles. The van der Waals surface area contributed by atoms with Gasteiger partial charge in [0.15, 0.2) is 5.82 Å². The van der Waals surface area contributed by atoms with Crippen molar-refractivity contribution in [3.05, 3.63) is 64.7 Å². The Morgan fingerprint density at radius 3 is 2.56 bits per heavy atom. The first-order valence-corrected chi connectivity index (χ1v) is 7.94. The molecule has 6 nitrogen and oxygen atoms in total. The second-order valence-corrected chi connectivity index (χ2v) is 6.03. The molecular formula is C18H16ClN5O. The van der Waals surface area contributed by atoms with E-state index < -0.39 is 5.91 Å². The number of pyridine rings is 1. The highest BCUT2D eigenvalue weighted by Crippen LogP contribution is 2.23. The van der Waals surface area contributed by atoms with E-state index >= 15 is 0 Å². The van der Waals surface area contributed by atoms with Crippen molar-refractivity contribution >= 4 is 29.3 Å². The van der Waals surface area contributed by atoms with Crippen LogP contribution in [0, 0.1) is 13.8 Å². The molecule has 7 heteroatoms. The largest absolute Gasteiger partial charge is 0.366 e. The maximum Gasteiger partial charge on any atom is 0.250 e. The van der Waals surface area contributed by atoms with E-state index in [4.69, 9.17) is 17.3 Å². The van der Waals surface area contributed by atoms with Crippen molar-refractivity contribution in [3.8, 4) is 11.4 Å². The van der Waals surface area contributed by atoms with Crippen LogP contribution in [-0.2, 0) is 4.79 Å². The summed E-state index contributed by atoms with van der Waals surface area (Å²) in [7, 11) is 0. The number of carbonyl (C=O) groups is 1. The second-order valence-electron chi connectivity index (χ2n) is 5.67. The SMILES string of the molecule is Cc1cc(C)cc(-c2ncn(/C=C(\C(N)=O)c3cccnc3Cl)n2)c1. The summed E-state index contributed by atoms with van der Waals surface area (Å²) >= 11 is 6.06. The van der Waals surface area contributed by atoms with Crippen LogP contribution in [0.3, 0.4) is 0 Å². The predicted octanol–water partition coefficient (Wildman–Crippen LogP) is 3.09. The van der Waals surface area contributed by atoms with Crippen LogP contribution in [0.1, 0.15) is 16.7 Å². The summed E-state index contributed by atoms with van der Waals surface area (Å²) in [6.07, 6.45) is 4.54. The third-order valence-electron chi connectivity index (χ3n) is 3.56. The van der Waals surface area contributed by atoms with Gasteiger partial charge in [-0.1, -0.05) is 28.8 Å².